The maximum Gasteiger partial charge on any atom is 0.433 e. The van der Waals surface area contributed by atoms with Gasteiger partial charge >= 0.3 is 11.9 Å². The van der Waals surface area contributed by atoms with Gasteiger partial charge in [0.05, 0.1) is 23.5 Å². The highest BCUT2D eigenvalue weighted by Gasteiger charge is 2.38. The van der Waals surface area contributed by atoms with E-state index in [4.69, 9.17) is 4.52 Å². The third-order valence-corrected chi connectivity index (χ3v) is 6.94. The molecular weight excluding hydrogens is 510 g/mol. The molecule has 4 aromatic heterocycles. The van der Waals surface area contributed by atoms with Gasteiger partial charge in [-0.1, -0.05) is 18.2 Å². The lowest BCUT2D eigenvalue weighted by atomic mass is 9.85. The van der Waals surface area contributed by atoms with Crippen LogP contribution in [0.2, 0.25) is 0 Å². The van der Waals surface area contributed by atoms with Crippen molar-refractivity contribution in [1.82, 2.24) is 34.1 Å². The van der Waals surface area contributed by atoms with Gasteiger partial charge in [0.15, 0.2) is 17.3 Å². The Hall–Kier alpha value is -4.36. The van der Waals surface area contributed by atoms with Crippen LogP contribution >= 0.6 is 0 Å². The van der Waals surface area contributed by atoms with Gasteiger partial charge in [0.1, 0.15) is 11.2 Å². The molecule has 1 saturated carbocycles. The van der Waals surface area contributed by atoms with Crippen molar-refractivity contribution in [3.8, 4) is 17.1 Å². The van der Waals surface area contributed by atoms with Gasteiger partial charge in [-0.2, -0.15) is 18.2 Å². The van der Waals surface area contributed by atoms with Crippen LogP contribution in [0.4, 0.5) is 17.6 Å². The fourth-order valence-corrected chi connectivity index (χ4v) is 4.70. The molecule has 10 nitrogen and oxygen atoms in total. The lowest BCUT2D eigenvalue weighted by Crippen LogP contribution is -2.52. The second kappa shape index (κ2) is 8.60. The first-order valence-electron chi connectivity index (χ1n) is 11.8. The maximum absolute atomic E-state index is 13.7. The van der Waals surface area contributed by atoms with E-state index in [1.807, 2.05) is 0 Å². The smallest absolute Gasteiger partial charge is 0.334 e. The van der Waals surface area contributed by atoms with Crippen molar-refractivity contribution in [1.29, 1.82) is 0 Å². The molecule has 1 saturated heterocycles. The quantitative estimate of drug-likeness (QED) is 0.286. The number of nitrogens with zero attached hydrogens (tertiary/aromatic N) is 7. The van der Waals surface area contributed by atoms with Crippen LogP contribution in [0.1, 0.15) is 42.7 Å². The molecule has 0 atom stereocenters. The van der Waals surface area contributed by atoms with Gasteiger partial charge in [-0.15, -0.1) is 0 Å². The van der Waals surface area contributed by atoms with Crippen LogP contribution in [0, 0.1) is 0 Å². The van der Waals surface area contributed by atoms with Crippen molar-refractivity contribution < 1.29 is 26.9 Å². The summed E-state index contributed by atoms with van der Waals surface area (Å²) in [6, 6.07) is 2.92. The van der Waals surface area contributed by atoms with Crippen LogP contribution in [-0.2, 0) is 11.0 Å². The summed E-state index contributed by atoms with van der Waals surface area (Å²) in [5, 5.41) is 4.08. The normalized spacial score (nSPS) is 16.5. The molecule has 38 heavy (non-hydrogen) atoms. The summed E-state index contributed by atoms with van der Waals surface area (Å²) in [6.45, 7) is 3.04. The van der Waals surface area contributed by atoms with Crippen molar-refractivity contribution in [3.63, 3.8) is 0 Å². The Bertz CT molecular complexity index is 1630. The predicted octanol–water partition coefficient (Wildman–Crippen LogP) is 3.79. The minimum absolute atomic E-state index is 0.0115. The first-order valence-corrected chi connectivity index (χ1v) is 11.8. The summed E-state index contributed by atoms with van der Waals surface area (Å²) in [6.07, 6.45) is 0.665. The van der Waals surface area contributed by atoms with E-state index in [-0.39, 0.29) is 41.7 Å². The molecule has 0 bridgehead atoms. The molecule has 196 valence electrons. The second-order valence-electron chi connectivity index (χ2n) is 9.27. The number of fused-ring (bicyclic) bond motifs is 1. The third-order valence-electron chi connectivity index (χ3n) is 6.94. The zero-order valence-corrected chi connectivity index (χ0v) is 19.7. The van der Waals surface area contributed by atoms with Crippen LogP contribution in [0.15, 0.2) is 52.3 Å². The zero-order chi connectivity index (χ0) is 26.8. The van der Waals surface area contributed by atoms with Crippen molar-refractivity contribution in [2.24, 2.45) is 0 Å². The fourth-order valence-electron chi connectivity index (χ4n) is 4.70. The number of aromatic nitrogens is 6. The molecule has 0 aromatic carbocycles. The van der Waals surface area contributed by atoms with E-state index < -0.39 is 35.3 Å². The Morgan fingerprint density at radius 2 is 1.89 bits per heavy atom. The minimum atomic E-state index is -4.65. The highest BCUT2D eigenvalue weighted by Crippen LogP contribution is 2.37. The van der Waals surface area contributed by atoms with Gasteiger partial charge in [0, 0.05) is 25.2 Å². The molecule has 1 aliphatic carbocycles. The molecule has 0 spiro atoms. The Labute approximate surface area is 211 Å². The summed E-state index contributed by atoms with van der Waals surface area (Å²) in [5.74, 6) is -1.11. The Morgan fingerprint density at radius 3 is 2.50 bits per heavy atom. The maximum atomic E-state index is 13.7. The lowest BCUT2D eigenvalue weighted by Gasteiger charge is -2.39. The average Bonchev–Trinajstić information content (AvgIpc) is 3.39. The lowest BCUT2D eigenvalue weighted by molar-refractivity contribution is -0.141. The second-order valence-corrected chi connectivity index (χ2v) is 9.27. The number of hydrogen-bond acceptors (Lipinski definition) is 7. The topological polar surface area (TPSA) is 112 Å². The molecule has 0 radical (unpaired) electrons. The van der Waals surface area contributed by atoms with Crippen LogP contribution in [0.5, 0.6) is 0 Å². The Morgan fingerprint density at radius 1 is 1.13 bits per heavy atom. The molecule has 2 fully saturated rings. The van der Waals surface area contributed by atoms with Crippen molar-refractivity contribution in [2.75, 3.05) is 13.1 Å². The highest BCUT2D eigenvalue weighted by molar-refractivity contribution is 5.92. The van der Waals surface area contributed by atoms with E-state index in [0.29, 0.717) is 11.4 Å². The number of pyridine rings is 2. The molecule has 0 unspecified atom stereocenters. The molecular formula is C24H19F4N7O3. The van der Waals surface area contributed by atoms with Crippen molar-refractivity contribution >= 4 is 17.1 Å². The molecule has 6 rings (SSSR count). The molecule has 1 amide bonds. The largest absolute Gasteiger partial charge is 0.433 e. The number of carbonyl (C=O) groups excluding carboxylic acids is 1. The molecule has 5 heterocycles. The number of rotatable bonds is 5. The summed E-state index contributed by atoms with van der Waals surface area (Å²) in [5.41, 5.74) is -0.878. The average molecular weight is 529 g/mol. The molecule has 4 aromatic rings. The van der Waals surface area contributed by atoms with Crippen LogP contribution in [0.3, 0.4) is 0 Å². The predicted molar refractivity (Wildman–Crippen MR) is 124 cm³/mol. The molecule has 1 aliphatic heterocycles. The number of imidazole rings is 1. The van der Waals surface area contributed by atoms with Crippen LogP contribution < -0.4 is 5.69 Å². The van der Waals surface area contributed by atoms with Crippen LogP contribution in [0.25, 0.3) is 28.3 Å². The highest BCUT2D eigenvalue weighted by atomic mass is 19.4. The standard InChI is InChI=1S/C24H19F4N7O3/c1-12(25)22(36)33-10-15(11-33)34-18-16(21-31-19(32-38-21)13-3-2-4-13)7-8-29-20(18)35(23(34)37)14-5-6-17(30-9-14)24(26,27)28/h5-9,13,15H,1-4,10-11H2. The number of carbonyl (C=O) groups is 1. The first kappa shape index (κ1) is 24.0. The van der Waals surface area contributed by atoms with Gasteiger partial charge in [-0.3, -0.25) is 9.36 Å². The molecule has 0 N–H and O–H groups in total. The summed E-state index contributed by atoms with van der Waals surface area (Å²) < 4.78 is 60.6. The Kier molecular flexibility index (Phi) is 5.43. The summed E-state index contributed by atoms with van der Waals surface area (Å²) >= 11 is 0. The number of halogens is 4. The van der Waals surface area contributed by atoms with Gasteiger partial charge in [-0.05, 0) is 31.0 Å². The minimum Gasteiger partial charge on any atom is -0.334 e. The van der Waals surface area contributed by atoms with Crippen molar-refractivity contribution in [2.45, 2.75) is 37.4 Å². The van der Waals surface area contributed by atoms with Gasteiger partial charge < -0.3 is 9.42 Å². The zero-order valence-electron chi connectivity index (χ0n) is 19.7. The monoisotopic (exact) mass is 529 g/mol. The fraction of sp³-hybridized carbons (Fsp3) is 0.333. The van der Waals surface area contributed by atoms with Gasteiger partial charge in [-0.25, -0.2) is 23.7 Å². The van der Waals surface area contributed by atoms with Gasteiger partial charge in [0.25, 0.3) is 11.8 Å². The summed E-state index contributed by atoms with van der Waals surface area (Å²) in [4.78, 5) is 39.3. The van der Waals surface area contributed by atoms with E-state index in [0.717, 1.165) is 42.2 Å². The molecule has 2 aliphatic rings. The van der Waals surface area contributed by atoms with E-state index in [2.05, 4.69) is 26.7 Å². The molecule has 14 heteroatoms. The number of likely N-dealkylation sites (tertiary alicyclic amines) is 1. The number of hydrogen-bond donors (Lipinski definition) is 0. The van der Waals surface area contributed by atoms with Gasteiger partial charge in [0.2, 0.25) is 0 Å². The van der Waals surface area contributed by atoms with E-state index >= 15 is 0 Å². The Balaban J connectivity index is 1.50. The number of amides is 1. The van der Waals surface area contributed by atoms with E-state index in [9.17, 15) is 27.2 Å². The van der Waals surface area contributed by atoms with Crippen LogP contribution in [-0.4, -0.2) is 53.1 Å². The summed E-state index contributed by atoms with van der Waals surface area (Å²) in [7, 11) is 0. The third kappa shape index (κ3) is 3.78. The SMILES string of the molecule is C=C(F)C(=O)N1CC(n2c(=O)n(-c3ccc(C(F)(F)F)nc3)c3nccc(-c4nc(C5CCC5)no4)c32)C1. The first-order chi connectivity index (χ1) is 18.1. The number of alkyl halides is 3. The van der Waals surface area contributed by atoms with Crippen molar-refractivity contribution in [3.05, 3.63) is 65.0 Å². The van der Waals surface area contributed by atoms with E-state index in [1.165, 1.54) is 15.7 Å². The van der Waals surface area contributed by atoms with E-state index in [1.54, 1.807) is 6.07 Å².